The molecule has 0 unspecified atom stereocenters. The van der Waals surface area contributed by atoms with Gasteiger partial charge in [0.25, 0.3) is 5.91 Å². The van der Waals surface area contributed by atoms with Crippen molar-refractivity contribution in [2.24, 2.45) is 7.05 Å². The van der Waals surface area contributed by atoms with Gasteiger partial charge in [-0.15, -0.1) is 11.3 Å². The molecule has 0 aliphatic carbocycles. The van der Waals surface area contributed by atoms with Gasteiger partial charge >= 0.3 is 0 Å². The highest BCUT2D eigenvalue weighted by molar-refractivity contribution is 7.12. The van der Waals surface area contributed by atoms with Gasteiger partial charge in [0, 0.05) is 25.0 Å². The number of rotatable bonds is 4. The van der Waals surface area contributed by atoms with Crippen LogP contribution in [0.25, 0.3) is 11.3 Å². The Labute approximate surface area is 126 Å². The molecule has 0 atom stereocenters. The minimum Gasteiger partial charge on any atom is -0.346 e. The Morgan fingerprint density at radius 2 is 2.14 bits per heavy atom. The molecule has 0 bridgehead atoms. The number of aryl methyl sites for hydroxylation is 1. The molecule has 3 heterocycles. The van der Waals surface area contributed by atoms with Gasteiger partial charge < -0.3 is 5.32 Å². The zero-order chi connectivity index (χ0) is 14.7. The van der Waals surface area contributed by atoms with E-state index < -0.39 is 0 Å². The Bertz CT molecular complexity index is 734. The first-order chi connectivity index (χ1) is 10.2. The Morgan fingerprint density at radius 1 is 1.33 bits per heavy atom. The van der Waals surface area contributed by atoms with Crippen LogP contribution >= 0.6 is 11.3 Å². The van der Waals surface area contributed by atoms with E-state index in [-0.39, 0.29) is 5.91 Å². The second-order valence-corrected chi connectivity index (χ2v) is 5.49. The first-order valence-corrected chi connectivity index (χ1v) is 7.37. The number of hydrogen-bond donors (Lipinski definition) is 1. The van der Waals surface area contributed by atoms with E-state index in [1.807, 2.05) is 41.4 Å². The number of thiophene rings is 1. The number of pyridine rings is 1. The maximum absolute atomic E-state index is 11.9. The van der Waals surface area contributed by atoms with Crippen LogP contribution in [-0.2, 0) is 13.6 Å². The van der Waals surface area contributed by atoms with Crippen LogP contribution in [0.2, 0.25) is 0 Å². The summed E-state index contributed by atoms with van der Waals surface area (Å²) in [5, 5.41) is 9.19. The first-order valence-electron chi connectivity index (χ1n) is 6.49. The van der Waals surface area contributed by atoms with E-state index in [4.69, 9.17) is 0 Å². The molecule has 21 heavy (non-hydrogen) atoms. The molecule has 0 fully saturated rings. The van der Waals surface area contributed by atoms with Crippen molar-refractivity contribution in [2.75, 3.05) is 0 Å². The Kier molecular flexibility index (Phi) is 3.79. The smallest absolute Gasteiger partial charge is 0.261 e. The van der Waals surface area contributed by atoms with Gasteiger partial charge in [-0.3, -0.25) is 14.5 Å². The van der Waals surface area contributed by atoms with Gasteiger partial charge in [0.15, 0.2) is 0 Å². The van der Waals surface area contributed by atoms with E-state index in [0.717, 1.165) is 17.0 Å². The van der Waals surface area contributed by atoms with E-state index in [1.54, 1.807) is 18.5 Å². The van der Waals surface area contributed by atoms with Crippen molar-refractivity contribution in [3.05, 3.63) is 58.7 Å². The summed E-state index contributed by atoms with van der Waals surface area (Å²) >= 11 is 1.43. The average Bonchev–Trinajstić information content (AvgIpc) is 3.15. The molecule has 1 amide bonds. The SMILES string of the molecule is Cn1nc(CNC(=O)c2cccs2)cc1-c1ccncc1. The molecule has 0 saturated heterocycles. The molecule has 6 heteroatoms. The van der Waals surface area contributed by atoms with Crippen LogP contribution in [0.3, 0.4) is 0 Å². The van der Waals surface area contributed by atoms with Crippen molar-refractivity contribution in [3.63, 3.8) is 0 Å². The molecule has 0 aromatic carbocycles. The lowest BCUT2D eigenvalue weighted by molar-refractivity contribution is 0.0954. The zero-order valence-corrected chi connectivity index (χ0v) is 12.3. The van der Waals surface area contributed by atoms with Gasteiger partial charge in [-0.2, -0.15) is 5.10 Å². The predicted octanol–water partition coefficient (Wildman–Crippen LogP) is 2.47. The largest absolute Gasteiger partial charge is 0.346 e. The van der Waals surface area contributed by atoms with E-state index in [1.165, 1.54) is 11.3 Å². The minimum absolute atomic E-state index is 0.0684. The molecule has 0 aliphatic heterocycles. The summed E-state index contributed by atoms with van der Waals surface area (Å²) in [5.41, 5.74) is 2.88. The molecule has 106 valence electrons. The lowest BCUT2D eigenvalue weighted by atomic mass is 10.2. The number of nitrogens with one attached hydrogen (secondary N) is 1. The van der Waals surface area contributed by atoms with Crippen LogP contribution in [0.5, 0.6) is 0 Å². The van der Waals surface area contributed by atoms with Crippen molar-refractivity contribution in [1.29, 1.82) is 0 Å². The third-order valence-electron chi connectivity index (χ3n) is 3.08. The molecular weight excluding hydrogens is 284 g/mol. The summed E-state index contributed by atoms with van der Waals surface area (Å²) in [7, 11) is 1.89. The van der Waals surface area contributed by atoms with Crippen LogP contribution in [0.1, 0.15) is 15.4 Å². The normalized spacial score (nSPS) is 10.5. The number of hydrogen-bond acceptors (Lipinski definition) is 4. The van der Waals surface area contributed by atoms with Crippen LogP contribution in [0.4, 0.5) is 0 Å². The minimum atomic E-state index is -0.0684. The van der Waals surface area contributed by atoms with E-state index in [2.05, 4.69) is 15.4 Å². The number of carbonyl (C=O) groups is 1. The molecule has 0 aliphatic rings. The highest BCUT2D eigenvalue weighted by Gasteiger charge is 2.10. The quantitative estimate of drug-likeness (QED) is 0.805. The monoisotopic (exact) mass is 298 g/mol. The van der Waals surface area contributed by atoms with Crippen LogP contribution in [0, 0.1) is 0 Å². The fourth-order valence-corrected chi connectivity index (χ4v) is 2.71. The van der Waals surface area contributed by atoms with Crippen molar-refractivity contribution in [3.8, 4) is 11.3 Å². The highest BCUT2D eigenvalue weighted by atomic mass is 32.1. The van der Waals surface area contributed by atoms with Crippen molar-refractivity contribution >= 4 is 17.2 Å². The number of nitrogens with zero attached hydrogens (tertiary/aromatic N) is 3. The van der Waals surface area contributed by atoms with Crippen LogP contribution in [0.15, 0.2) is 48.1 Å². The van der Waals surface area contributed by atoms with Crippen LogP contribution < -0.4 is 5.32 Å². The maximum atomic E-state index is 11.9. The van der Waals surface area contributed by atoms with Crippen molar-refractivity contribution in [2.45, 2.75) is 6.54 Å². The lowest BCUT2D eigenvalue weighted by Crippen LogP contribution is -2.22. The molecule has 1 N–H and O–H groups in total. The third-order valence-corrected chi connectivity index (χ3v) is 3.95. The topological polar surface area (TPSA) is 59.8 Å². The average molecular weight is 298 g/mol. The summed E-state index contributed by atoms with van der Waals surface area (Å²) < 4.78 is 1.81. The summed E-state index contributed by atoms with van der Waals surface area (Å²) in [6.07, 6.45) is 3.50. The summed E-state index contributed by atoms with van der Waals surface area (Å²) in [6, 6.07) is 9.52. The molecular formula is C15H14N4OS. The summed E-state index contributed by atoms with van der Waals surface area (Å²) in [5.74, 6) is -0.0684. The van der Waals surface area contributed by atoms with Gasteiger partial charge in [-0.05, 0) is 29.6 Å². The van der Waals surface area contributed by atoms with Gasteiger partial charge in [0.05, 0.1) is 22.8 Å². The second kappa shape index (κ2) is 5.88. The highest BCUT2D eigenvalue weighted by Crippen LogP contribution is 2.18. The van der Waals surface area contributed by atoms with Gasteiger partial charge in [-0.1, -0.05) is 6.07 Å². The molecule has 5 nitrogen and oxygen atoms in total. The zero-order valence-electron chi connectivity index (χ0n) is 11.5. The van der Waals surface area contributed by atoms with Gasteiger partial charge in [-0.25, -0.2) is 0 Å². The Hall–Kier alpha value is -2.47. The number of amides is 1. The van der Waals surface area contributed by atoms with Gasteiger partial charge in [0.2, 0.25) is 0 Å². The summed E-state index contributed by atoms with van der Waals surface area (Å²) in [6.45, 7) is 0.412. The fourth-order valence-electron chi connectivity index (χ4n) is 2.07. The van der Waals surface area contributed by atoms with E-state index in [9.17, 15) is 4.79 Å². The number of aromatic nitrogens is 3. The summed E-state index contributed by atoms with van der Waals surface area (Å²) in [4.78, 5) is 16.6. The molecule has 0 spiro atoms. The van der Waals surface area contributed by atoms with Crippen molar-refractivity contribution < 1.29 is 4.79 Å². The fraction of sp³-hybridized carbons (Fsp3) is 0.133. The lowest BCUT2D eigenvalue weighted by Gasteiger charge is -1.99. The maximum Gasteiger partial charge on any atom is 0.261 e. The molecule has 3 aromatic heterocycles. The molecule has 0 saturated carbocycles. The molecule has 0 radical (unpaired) electrons. The van der Waals surface area contributed by atoms with E-state index in [0.29, 0.717) is 11.4 Å². The predicted molar refractivity (Wildman–Crippen MR) is 81.9 cm³/mol. The van der Waals surface area contributed by atoms with Gasteiger partial charge in [0.1, 0.15) is 0 Å². The van der Waals surface area contributed by atoms with Crippen molar-refractivity contribution in [1.82, 2.24) is 20.1 Å². The van der Waals surface area contributed by atoms with E-state index >= 15 is 0 Å². The number of carbonyl (C=O) groups excluding carboxylic acids is 1. The molecule has 3 rings (SSSR count). The Balaban J connectivity index is 1.72. The molecule has 3 aromatic rings. The first kappa shape index (κ1) is 13.5. The van der Waals surface area contributed by atoms with Crippen LogP contribution in [-0.4, -0.2) is 20.7 Å². The third kappa shape index (κ3) is 3.00. The Morgan fingerprint density at radius 3 is 2.86 bits per heavy atom. The second-order valence-electron chi connectivity index (χ2n) is 4.54. The standard InChI is InChI=1S/C15H14N4OS/c1-19-13(11-4-6-16-7-5-11)9-12(18-19)10-17-15(20)14-3-2-8-21-14/h2-9H,10H2,1H3,(H,17,20).